The van der Waals surface area contributed by atoms with Gasteiger partial charge in [-0.2, -0.15) is 0 Å². The maximum atomic E-state index is 12.6. The number of ether oxygens (including phenoxy) is 2. The van der Waals surface area contributed by atoms with Gasteiger partial charge in [-0.15, -0.1) is 0 Å². The third-order valence-corrected chi connectivity index (χ3v) is 10.7. The minimum atomic E-state index is -4.38. The average Bonchev–Trinajstić information content (AvgIpc) is 3.20. The smallest absolute Gasteiger partial charge is 0.462 e. The number of carbonyl (C=O) groups excluding carboxylic acids is 2. The summed E-state index contributed by atoms with van der Waals surface area (Å²) < 4.78 is 32.8. The minimum Gasteiger partial charge on any atom is -0.462 e. The Hall–Kier alpha value is -2.03. The van der Waals surface area contributed by atoms with Crippen molar-refractivity contribution in [3.63, 3.8) is 0 Å². The molecule has 0 spiro atoms. The van der Waals surface area contributed by atoms with Crippen molar-refractivity contribution < 1.29 is 37.6 Å². The zero-order valence-corrected chi connectivity index (χ0v) is 37.5. The van der Waals surface area contributed by atoms with Gasteiger partial charge in [-0.3, -0.25) is 18.6 Å². The van der Waals surface area contributed by atoms with E-state index in [1.807, 2.05) is 0 Å². The minimum absolute atomic E-state index is 0.0515. The van der Waals surface area contributed by atoms with Crippen LogP contribution in [0.15, 0.2) is 48.6 Å². The quantitative estimate of drug-likeness (QED) is 0.0267. The topological polar surface area (TPSA) is 134 Å². The zero-order valence-electron chi connectivity index (χ0n) is 36.6. The van der Waals surface area contributed by atoms with Crippen LogP contribution in [0.1, 0.15) is 206 Å². The second-order valence-electron chi connectivity index (χ2n) is 15.2. The van der Waals surface area contributed by atoms with Crippen LogP contribution in [0.3, 0.4) is 0 Å². The van der Waals surface area contributed by atoms with Crippen molar-refractivity contribution in [3.05, 3.63) is 48.6 Å². The van der Waals surface area contributed by atoms with E-state index in [2.05, 4.69) is 62.5 Å². The summed E-state index contributed by atoms with van der Waals surface area (Å²) in [7, 11) is -4.38. The Labute approximate surface area is 349 Å². The molecule has 0 aromatic heterocycles. The van der Waals surface area contributed by atoms with E-state index < -0.39 is 26.5 Å². The first-order valence-electron chi connectivity index (χ1n) is 23.1. The van der Waals surface area contributed by atoms with Crippen LogP contribution in [0.5, 0.6) is 0 Å². The Balaban J connectivity index is 4.11. The molecule has 2 atom stereocenters. The molecule has 0 saturated heterocycles. The van der Waals surface area contributed by atoms with Crippen molar-refractivity contribution in [1.82, 2.24) is 0 Å². The van der Waals surface area contributed by atoms with Gasteiger partial charge >= 0.3 is 19.8 Å². The molecule has 3 N–H and O–H groups in total. The highest BCUT2D eigenvalue weighted by Gasteiger charge is 2.26. The number of rotatable bonds is 43. The summed E-state index contributed by atoms with van der Waals surface area (Å²) in [6.07, 6.45) is 49.9. The van der Waals surface area contributed by atoms with Gasteiger partial charge < -0.3 is 20.1 Å². The van der Waals surface area contributed by atoms with Crippen LogP contribution in [0, 0.1) is 0 Å². The van der Waals surface area contributed by atoms with Crippen LogP contribution >= 0.6 is 7.82 Å². The number of nitrogens with two attached hydrogens (primary N) is 1. The molecule has 0 bridgehead atoms. The second-order valence-corrected chi connectivity index (χ2v) is 16.7. The number of allylic oxidation sites excluding steroid dienone is 8. The number of hydrogen-bond acceptors (Lipinski definition) is 8. The molecule has 0 rings (SSSR count). The Morgan fingerprint density at radius 3 is 1.44 bits per heavy atom. The Morgan fingerprint density at radius 2 is 0.965 bits per heavy atom. The third-order valence-electron chi connectivity index (χ3n) is 9.73. The number of esters is 2. The highest BCUT2D eigenvalue weighted by molar-refractivity contribution is 7.47. The van der Waals surface area contributed by atoms with E-state index in [1.54, 1.807) is 0 Å². The first-order valence-corrected chi connectivity index (χ1v) is 24.6. The maximum absolute atomic E-state index is 12.6. The lowest BCUT2D eigenvalue weighted by Gasteiger charge is -2.19. The van der Waals surface area contributed by atoms with E-state index in [0.717, 1.165) is 70.6 Å². The van der Waals surface area contributed by atoms with Gasteiger partial charge in [0.25, 0.3) is 0 Å². The highest BCUT2D eigenvalue weighted by Crippen LogP contribution is 2.43. The van der Waals surface area contributed by atoms with Crippen molar-refractivity contribution in [1.29, 1.82) is 0 Å². The van der Waals surface area contributed by atoms with Gasteiger partial charge in [-0.1, -0.05) is 191 Å². The van der Waals surface area contributed by atoms with E-state index in [4.69, 9.17) is 24.3 Å². The lowest BCUT2D eigenvalue weighted by Crippen LogP contribution is -2.29. The molecule has 10 heteroatoms. The molecule has 2 unspecified atom stereocenters. The first-order chi connectivity index (χ1) is 27.8. The molecule has 0 aromatic carbocycles. The normalized spacial score (nSPS) is 13.7. The number of unbranched alkanes of at least 4 members (excludes halogenated alkanes) is 22. The predicted octanol–water partition coefficient (Wildman–Crippen LogP) is 13.5. The van der Waals surface area contributed by atoms with Crippen molar-refractivity contribution in [2.24, 2.45) is 5.73 Å². The summed E-state index contributed by atoms with van der Waals surface area (Å²) in [4.78, 5) is 34.9. The van der Waals surface area contributed by atoms with E-state index in [-0.39, 0.29) is 38.6 Å². The Kier molecular flexibility index (Phi) is 42.0. The van der Waals surface area contributed by atoms with Crippen LogP contribution in [-0.4, -0.2) is 49.3 Å². The van der Waals surface area contributed by atoms with E-state index in [0.29, 0.717) is 6.42 Å². The van der Waals surface area contributed by atoms with Crippen LogP contribution in [-0.2, 0) is 32.7 Å². The van der Waals surface area contributed by atoms with Crippen molar-refractivity contribution in [3.8, 4) is 0 Å². The fourth-order valence-corrected chi connectivity index (χ4v) is 7.10. The molecular formula is C47H86NO8P. The Bertz CT molecular complexity index is 1080. The molecule has 57 heavy (non-hydrogen) atoms. The van der Waals surface area contributed by atoms with Gasteiger partial charge in [0.05, 0.1) is 13.2 Å². The average molecular weight is 824 g/mol. The summed E-state index contributed by atoms with van der Waals surface area (Å²) in [6, 6.07) is 0. The standard InChI is InChI=1S/C47H86NO8P/c1-3-5-7-9-11-13-15-17-19-20-21-22-23-24-26-28-30-32-34-36-38-40-47(50)56-45(44-55-57(51,52)54-42-41-48)43-53-46(49)39-37-35-33-31-29-27-25-18-16-14-12-10-8-6-4-2/h5,7,11,13,17,19,21-22,45H,3-4,6,8-10,12,14-16,18,20,23-44,48H2,1-2H3,(H,51,52)/b7-5-,13-11-,19-17-,22-21-. The molecule has 0 aliphatic carbocycles. The lowest BCUT2D eigenvalue weighted by atomic mass is 10.0. The molecule has 0 aromatic rings. The van der Waals surface area contributed by atoms with Crippen LogP contribution < -0.4 is 5.73 Å². The largest absolute Gasteiger partial charge is 0.472 e. The summed E-state index contributed by atoms with van der Waals surface area (Å²) in [5.74, 6) is -0.833. The molecule has 0 aliphatic rings. The van der Waals surface area contributed by atoms with Crippen LogP contribution in [0.2, 0.25) is 0 Å². The molecule has 0 heterocycles. The van der Waals surface area contributed by atoms with Crippen molar-refractivity contribution in [2.45, 2.75) is 213 Å². The molecule has 332 valence electrons. The monoisotopic (exact) mass is 824 g/mol. The first kappa shape index (κ1) is 55.0. The van der Waals surface area contributed by atoms with E-state index in [1.165, 1.54) is 103 Å². The van der Waals surface area contributed by atoms with Gasteiger partial charge in [0.1, 0.15) is 6.61 Å². The van der Waals surface area contributed by atoms with Gasteiger partial charge in [-0.05, 0) is 51.4 Å². The highest BCUT2D eigenvalue weighted by atomic mass is 31.2. The fourth-order valence-electron chi connectivity index (χ4n) is 6.33. The summed E-state index contributed by atoms with van der Waals surface area (Å²) in [5, 5.41) is 0. The van der Waals surface area contributed by atoms with Gasteiger partial charge in [0, 0.05) is 19.4 Å². The predicted molar refractivity (Wildman–Crippen MR) is 238 cm³/mol. The number of phosphoric acid groups is 1. The third kappa shape index (κ3) is 43.4. The van der Waals surface area contributed by atoms with E-state index in [9.17, 15) is 19.0 Å². The van der Waals surface area contributed by atoms with Crippen molar-refractivity contribution >= 4 is 19.8 Å². The second kappa shape index (κ2) is 43.5. The Morgan fingerprint density at radius 1 is 0.544 bits per heavy atom. The van der Waals surface area contributed by atoms with Gasteiger partial charge in [-0.25, -0.2) is 4.57 Å². The number of phosphoric ester groups is 1. The molecule has 0 saturated carbocycles. The summed E-state index contributed by atoms with van der Waals surface area (Å²) in [6.45, 7) is 3.63. The molecule has 0 radical (unpaired) electrons. The van der Waals surface area contributed by atoms with Crippen molar-refractivity contribution in [2.75, 3.05) is 26.4 Å². The molecule has 0 aliphatic heterocycles. The van der Waals surface area contributed by atoms with Gasteiger partial charge in [0.15, 0.2) is 6.10 Å². The molecular weight excluding hydrogens is 737 g/mol. The zero-order chi connectivity index (χ0) is 41.8. The van der Waals surface area contributed by atoms with Crippen LogP contribution in [0.4, 0.5) is 0 Å². The number of hydrogen-bond donors (Lipinski definition) is 2. The SMILES string of the molecule is CC/C=C\C/C=C\C/C=C\C/C=C\CCCCCCCCCCC(=O)OC(COC(=O)CCCCCCCCCCCCCCCCC)COP(=O)(O)OCCN. The summed E-state index contributed by atoms with van der Waals surface area (Å²) in [5.41, 5.74) is 5.35. The molecule has 0 amide bonds. The van der Waals surface area contributed by atoms with E-state index >= 15 is 0 Å². The number of carbonyl (C=O) groups is 2. The maximum Gasteiger partial charge on any atom is 0.472 e. The molecule has 0 fully saturated rings. The van der Waals surface area contributed by atoms with Gasteiger partial charge in [0.2, 0.25) is 0 Å². The fraction of sp³-hybridized carbons (Fsp3) is 0.787. The summed E-state index contributed by atoms with van der Waals surface area (Å²) >= 11 is 0. The van der Waals surface area contributed by atoms with Crippen LogP contribution in [0.25, 0.3) is 0 Å². The molecule has 9 nitrogen and oxygen atoms in total. The lowest BCUT2D eigenvalue weighted by molar-refractivity contribution is -0.161.